The molecule has 1 aromatic heterocycles. The van der Waals surface area contributed by atoms with Gasteiger partial charge in [-0.15, -0.1) is 11.3 Å². The van der Waals surface area contributed by atoms with Gasteiger partial charge in [0, 0.05) is 16.6 Å². The first-order chi connectivity index (χ1) is 16.1. The largest absolute Gasteiger partial charge is 0.416 e. The maximum atomic E-state index is 13.2. The minimum atomic E-state index is -4.64. The lowest BCUT2D eigenvalue weighted by Crippen LogP contribution is -2.67. The summed E-state index contributed by atoms with van der Waals surface area (Å²) in [4.78, 5) is 52.4. The monoisotopic (exact) mass is 487 g/mol. The first kappa shape index (κ1) is 21.8. The van der Waals surface area contributed by atoms with Crippen LogP contribution in [0.3, 0.4) is 0 Å². The van der Waals surface area contributed by atoms with Crippen LogP contribution in [0.4, 0.5) is 24.5 Å². The van der Waals surface area contributed by atoms with Gasteiger partial charge in [-0.25, -0.2) is 0 Å². The van der Waals surface area contributed by atoms with Gasteiger partial charge in [-0.3, -0.25) is 34.3 Å². The Kier molecular flexibility index (Phi) is 4.79. The molecule has 3 aromatic rings. The molecule has 172 valence electrons. The van der Waals surface area contributed by atoms with Gasteiger partial charge >= 0.3 is 6.18 Å². The summed E-state index contributed by atoms with van der Waals surface area (Å²) in [6.07, 6.45) is -4.64. The number of fused-ring (bicyclic) bond motifs is 1. The van der Waals surface area contributed by atoms with Crippen molar-refractivity contribution in [2.75, 3.05) is 4.90 Å². The molecular weight excluding hydrogens is 475 g/mol. The van der Waals surface area contributed by atoms with Crippen molar-refractivity contribution in [3.05, 3.63) is 91.7 Å². The van der Waals surface area contributed by atoms with Crippen LogP contribution in [-0.4, -0.2) is 33.6 Å². The summed E-state index contributed by atoms with van der Waals surface area (Å²) in [5.74, 6) is -2.63. The number of β-lactam (4-membered cyclic amide) rings is 1. The quantitative estimate of drug-likeness (QED) is 0.235. The van der Waals surface area contributed by atoms with Crippen LogP contribution < -0.4 is 4.90 Å². The average molecular weight is 487 g/mol. The topological polar surface area (TPSA) is 101 Å². The van der Waals surface area contributed by atoms with E-state index in [1.807, 2.05) is 0 Å². The summed E-state index contributed by atoms with van der Waals surface area (Å²) in [6.45, 7) is 0. The lowest BCUT2D eigenvalue weighted by molar-refractivity contribution is -0.385. The second-order valence-corrected chi connectivity index (χ2v) is 8.58. The summed E-state index contributed by atoms with van der Waals surface area (Å²) in [5.41, 5.74) is -2.17. The maximum absolute atomic E-state index is 13.2. The minimum absolute atomic E-state index is 0.0444. The molecule has 12 heteroatoms. The van der Waals surface area contributed by atoms with E-state index in [1.165, 1.54) is 29.5 Å². The number of carbonyl (C=O) groups excluding carboxylic acids is 3. The molecule has 0 bridgehead atoms. The predicted octanol–water partition coefficient (Wildman–Crippen LogP) is 4.43. The fourth-order valence-corrected chi connectivity index (χ4v) is 5.12. The van der Waals surface area contributed by atoms with E-state index >= 15 is 0 Å². The van der Waals surface area contributed by atoms with E-state index in [9.17, 15) is 37.7 Å². The van der Waals surface area contributed by atoms with Gasteiger partial charge in [0.1, 0.15) is 17.6 Å². The van der Waals surface area contributed by atoms with E-state index < -0.39 is 57.7 Å². The van der Waals surface area contributed by atoms with Gasteiger partial charge in [-0.1, -0.05) is 18.2 Å². The van der Waals surface area contributed by atoms with Gasteiger partial charge in [0.05, 0.1) is 16.1 Å². The van der Waals surface area contributed by atoms with Crippen molar-refractivity contribution in [3.63, 3.8) is 0 Å². The zero-order chi connectivity index (χ0) is 24.4. The number of alkyl halides is 3. The van der Waals surface area contributed by atoms with Crippen LogP contribution in [0.2, 0.25) is 0 Å². The molecule has 0 saturated carbocycles. The van der Waals surface area contributed by atoms with E-state index in [-0.39, 0.29) is 11.3 Å². The van der Waals surface area contributed by atoms with Gasteiger partial charge < -0.3 is 0 Å². The summed E-state index contributed by atoms with van der Waals surface area (Å²) in [5, 5.41) is 13.1. The van der Waals surface area contributed by atoms with Crippen molar-refractivity contribution in [2.24, 2.45) is 0 Å². The molecule has 0 aliphatic carbocycles. The first-order valence-corrected chi connectivity index (χ1v) is 10.7. The Morgan fingerprint density at radius 3 is 2.29 bits per heavy atom. The van der Waals surface area contributed by atoms with Crippen molar-refractivity contribution in [1.29, 1.82) is 0 Å². The number of nitrogens with zero attached hydrogens (tertiary/aromatic N) is 3. The third kappa shape index (κ3) is 3.10. The second kappa shape index (κ2) is 7.48. The summed E-state index contributed by atoms with van der Waals surface area (Å²) in [7, 11) is 0. The smallest absolute Gasteiger partial charge is 0.300 e. The standard InChI is InChI=1S/C22H12F3N3O5S/c23-22(24,25)11-4-1-5-12(10-11)26-17(15-8-3-9-34-15)18(21(26)31)27-19(29)13-6-2-7-14(28(32)33)16(13)20(27)30/h1-10,17-18H/t17-,18+/m0/s1. The van der Waals surface area contributed by atoms with Crippen LogP contribution in [0.25, 0.3) is 0 Å². The van der Waals surface area contributed by atoms with E-state index in [4.69, 9.17) is 0 Å². The van der Waals surface area contributed by atoms with Gasteiger partial charge in [-0.2, -0.15) is 13.2 Å². The number of anilines is 1. The highest BCUT2D eigenvalue weighted by atomic mass is 32.1. The molecule has 1 saturated heterocycles. The maximum Gasteiger partial charge on any atom is 0.416 e. The molecule has 2 aliphatic rings. The summed E-state index contributed by atoms with van der Waals surface area (Å²) >= 11 is 1.20. The third-order valence-electron chi connectivity index (χ3n) is 5.75. The number of benzene rings is 2. The number of rotatable bonds is 4. The van der Waals surface area contributed by atoms with E-state index in [2.05, 4.69) is 0 Å². The van der Waals surface area contributed by atoms with Gasteiger partial charge in [0.25, 0.3) is 23.4 Å². The van der Waals surface area contributed by atoms with Crippen molar-refractivity contribution >= 4 is 40.4 Å². The normalized spacial score (nSPS) is 19.9. The fourth-order valence-electron chi connectivity index (χ4n) is 4.28. The molecule has 0 unspecified atom stereocenters. The Balaban J connectivity index is 1.58. The van der Waals surface area contributed by atoms with Crippen molar-refractivity contribution in [1.82, 2.24) is 4.90 Å². The first-order valence-electron chi connectivity index (χ1n) is 9.80. The zero-order valence-corrected chi connectivity index (χ0v) is 17.7. The Morgan fingerprint density at radius 1 is 0.912 bits per heavy atom. The number of hydrogen-bond donors (Lipinski definition) is 0. The van der Waals surface area contributed by atoms with Gasteiger partial charge in [0.15, 0.2) is 0 Å². The van der Waals surface area contributed by atoms with Crippen LogP contribution in [-0.2, 0) is 11.0 Å². The molecule has 34 heavy (non-hydrogen) atoms. The zero-order valence-electron chi connectivity index (χ0n) is 16.9. The fraction of sp³-hybridized carbons (Fsp3) is 0.136. The van der Waals surface area contributed by atoms with Crippen molar-refractivity contribution < 1.29 is 32.5 Å². The molecule has 3 amide bonds. The summed E-state index contributed by atoms with van der Waals surface area (Å²) in [6, 6.07) is 8.78. The van der Waals surface area contributed by atoms with Crippen LogP contribution in [0.15, 0.2) is 60.0 Å². The highest BCUT2D eigenvalue weighted by molar-refractivity contribution is 7.10. The Bertz CT molecular complexity index is 1370. The van der Waals surface area contributed by atoms with Crippen LogP contribution in [0, 0.1) is 10.1 Å². The summed E-state index contributed by atoms with van der Waals surface area (Å²) < 4.78 is 39.7. The number of halogens is 3. The van der Waals surface area contributed by atoms with Gasteiger partial charge in [0.2, 0.25) is 0 Å². The van der Waals surface area contributed by atoms with E-state index in [1.54, 1.807) is 17.5 Å². The van der Waals surface area contributed by atoms with Crippen molar-refractivity contribution in [2.45, 2.75) is 18.3 Å². The molecule has 0 spiro atoms. The molecule has 0 radical (unpaired) electrons. The average Bonchev–Trinajstić information content (AvgIpc) is 3.40. The Hall–Kier alpha value is -4.06. The van der Waals surface area contributed by atoms with E-state index in [0.717, 1.165) is 29.2 Å². The number of hydrogen-bond acceptors (Lipinski definition) is 6. The Morgan fingerprint density at radius 2 is 1.65 bits per heavy atom. The second-order valence-electron chi connectivity index (χ2n) is 7.60. The molecule has 5 rings (SSSR count). The molecule has 2 atom stereocenters. The van der Waals surface area contributed by atoms with Crippen LogP contribution >= 0.6 is 11.3 Å². The number of thiophene rings is 1. The molecule has 1 fully saturated rings. The number of nitro groups is 1. The highest BCUT2D eigenvalue weighted by Gasteiger charge is 2.58. The third-order valence-corrected chi connectivity index (χ3v) is 6.70. The molecular formula is C22H12F3N3O5S. The van der Waals surface area contributed by atoms with Crippen LogP contribution in [0.5, 0.6) is 0 Å². The number of imide groups is 1. The SMILES string of the molecule is O=C1c2cccc([N+](=O)[O-])c2C(=O)N1[C@H]1C(=O)N(c2cccc(C(F)(F)F)c2)[C@H]1c1cccs1. The molecule has 2 aliphatic heterocycles. The molecule has 2 aromatic carbocycles. The highest BCUT2D eigenvalue weighted by Crippen LogP contribution is 2.47. The van der Waals surface area contributed by atoms with Gasteiger partial charge in [-0.05, 0) is 35.7 Å². The molecule has 8 nitrogen and oxygen atoms in total. The minimum Gasteiger partial charge on any atom is -0.300 e. The lowest BCUT2D eigenvalue weighted by Gasteiger charge is -2.49. The number of carbonyl (C=O) groups is 3. The predicted molar refractivity (Wildman–Crippen MR) is 113 cm³/mol. The van der Waals surface area contributed by atoms with Crippen molar-refractivity contribution in [3.8, 4) is 0 Å². The molecule has 3 heterocycles. The van der Waals surface area contributed by atoms with Crippen LogP contribution in [0.1, 0.15) is 37.2 Å². The number of amides is 3. The van der Waals surface area contributed by atoms with E-state index in [0.29, 0.717) is 9.78 Å². The lowest BCUT2D eigenvalue weighted by atomic mass is 9.90. The molecule has 0 N–H and O–H groups in total. The Labute approximate surface area is 193 Å². The number of nitro benzene ring substituents is 1.